The van der Waals surface area contributed by atoms with Crippen LogP contribution in [-0.2, 0) is 23.1 Å². The van der Waals surface area contributed by atoms with E-state index in [0.29, 0.717) is 19.8 Å². The zero-order chi connectivity index (χ0) is 14.7. The summed E-state index contributed by atoms with van der Waals surface area (Å²) in [5.41, 5.74) is 0.799. The molecule has 5 nitrogen and oxygen atoms in total. The Labute approximate surface area is 115 Å². The molecule has 0 aliphatic rings. The Bertz CT molecular complexity index is 363. The molecule has 0 saturated carbocycles. The third-order valence-corrected chi connectivity index (χ3v) is 3.99. The predicted molar refractivity (Wildman–Crippen MR) is 75.3 cm³/mol. The molecule has 0 aliphatic heterocycles. The highest BCUT2D eigenvalue weighted by Gasteiger charge is 2.21. The van der Waals surface area contributed by atoms with E-state index in [-0.39, 0.29) is 6.16 Å². The number of rotatable bonds is 9. The van der Waals surface area contributed by atoms with Crippen LogP contribution in [-0.4, -0.2) is 32.0 Å². The van der Waals surface area contributed by atoms with Crippen molar-refractivity contribution in [3.05, 3.63) is 23.8 Å². The molecule has 0 bridgehead atoms. The van der Waals surface area contributed by atoms with Crippen molar-refractivity contribution in [1.29, 1.82) is 0 Å². The minimum atomic E-state index is -3.06. The van der Waals surface area contributed by atoms with Crippen LogP contribution in [0.25, 0.3) is 0 Å². The summed E-state index contributed by atoms with van der Waals surface area (Å²) in [5, 5.41) is 0. The van der Waals surface area contributed by atoms with Gasteiger partial charge in [0.15, 0.2) is 0 Å². The average molecular weight is 290 g/mol. The first-order valence-corrected chi connectivity index (χ1v) is 8.10. The maximum absolute atomic E-state index is 12.2. The van der Waals surface area contributed by atoms with E-state index in [4.69, 9.17) is 13.8 Å². The lowest BCUT2D eigenvalue weighted by Crippen LogP contribution is -2.00. The molecule has 0 heterocycles. The van der Waals surface area contributed by atoms with Gasteiger partial charge >= 0.3 is 13.6 Å². The number of esters is 1. The first-order valence-electron chi connectivity index (χ1n) is 6.37. The lowest BCUT2D eigenvalue weighted by molar-refractivity contribution is -0.137. The Morgan fingerprint density at radius 1 is 1.05 bits per heavy atom. The van der Waals surface area contributed by atoms with Gasteiger partial charge in [0.05, 0.1) is 26.0 Å². The van der Waals surface area contributed by atoms with E-state index in [1.807, 2.05) is 0 Å². The maximum atomic E-state index is 12.2. The molecule has 0 rings (SSSR count). The van der Waals surface area contributed by atoms with Gasteiger partial charge in [-0.3, -0.25) is 4.57 Å². The summed E-state index contributed by atoms with van der Waals surface area (Å²) in [7, 11) is -3.06. The summed E-state index contributed by atoms with van der Waals surface area (Å²) in [5.74, 6) is -0.395. The van der Waals surface area contributed by atoms with Crippen molar-refractivity contribution in [2.24, 2.45) is 0 Å². The Morgan fingerprint density at radius 2 is 1.63 bits per heavy atom. The van der Waals surface area contributed by atoms with Gasteiger partial charge < -0.3 is 13.8 Å². The van der Waals surface area contributed by atoms with Crippen molar-refractivity contribution >= 4 is 13.6 Å². The Hall–Kier alpha value is -0.900. The fraction of sp³-hybridized carbons (Fsp3) is 0.615. The second-order valence-electron chi connectivity index (χ2n) is 3.66. The fourth-order valence-electron chi connectivity index (χ4n) is 1.25. The summed E-state index contributed by atoms with van der Waals surface area (Å²) >= 11 is 0. The standard InChI is InChI=1S/C13H23O5P/c1-5-16-13(14)9-8-12(4)10-11-19(15,17-6-2)18-7-3/h8-10H,5-7,11H2,1-4H3/b9-8+,12-10+. The minimum Gasteiger partial charge on any atom is -0.463 e. The molecule has 0 aliphatic carbocycles. The smallest absolute Gasteiger partial charge is 0.334 e. The van der Waals surface area contributed by atoms with Gasteiger partial charge in [-0.25, -0.2) is 4.79 Å². The van der Waals surface area contributed by atoms with Crippen LogP contribution < -0.4 is 0 Å². The number of ether oxygens (including phenoxy) is 1. The van der Waals surface area contributed by atoms with Crippen molar-refractivity contribution < 1.29 is 23.1 Å². The normalized spacial score (nSPS) is 12.9. The number of carbonyl (C=O) groups excluding carboxylic acids is 1. The van der Waals surface area contributed by atoms with Gasteiger partial charge in [0.2, 0.25) is 0 Å². The Morgan fingerprint density at radius 3 is 2.11 bits per heavy atom. The number of allylic oxidation sites excluding steroid dienone is 3. The SMILES string of the molecule is CCOC(=O)/C=C/C(C)=C/CP(=O)(OCC)OCC. The zero-order valence-corrected chi connectivity index (χ0v) is 12.9. The fourth-order valence-corrected chi connectivity index (χ4v) is 2.83. The first-order chi connectivity index (χ1) is 8.97. The highest BCUT2D eigenvalue weighted by molar-refractivity contribution is 7.54. The van der Waals surface area contributed by atoms with Crippen molar-refractivity contribution in [2.45, 2.75) is 27.7 Å². The molecule has 0 unspecified atom stereocenters. The lowest BCUT2D eigenvalue weighted by atomic mass is 10.3. The van der Waals surface area contributed by atoms with E-state index in [1.54, 1.807) is 39.8 Å². The van der Waals surface area contributed by atoms with Gasteiger partial charge in [-0.2, -0.15) is 0 Å². The van der Waals surface area contributed by atoms with E-state index < -0.39 is 13.6 Å². The molecule has 110 valence electrons. The third-order valence-electron chi connectivity index (χ3n) is 2.06. The highest BCUT2D eigenvalue weighted by atomic mass is 31.2. The van der Waals surface area contributed by atoms with Crippen LogP contribution in [0.4, 0.5) is 0 Å². The third kappa shape index (κ3) is 8.76. The van der Waals surface area contributed by atoms with Gasteiger partial charge in [-0.15, -0.1) is 0 Å². The van der Waals surface area contributed by atoms with E-state index in [0.717, 1.165) is 5.57 Å². The van der Waals surface area contributed by atoms with E-state index >= 15 is 0 Å². The zero-order valence-electron chi connectivity index (χ0n) is 12.0. The summed E-state index contributed by atoms with van der Waals surface area (Å²) < 4.78 is 27.2. The lowest BCUT2D eigenvalue weighted by Gasteiger charge is -2.15. The summed E-state index contributed by atoms with van der Waals surface area (Å²) in [6.45, 7) is 8.10. The Kier molecular flexibility index (Phi) is 9.48. The van der Waals surface area contributed by atoms with Crippen LogP contribution in [0, 0.1) is 0 Å². The molecule has 0 radical (unpaired) electrons. The van der Waals surface area contributed by atoms with Crippen LogP contribution in [0.2, 0.25) is 0 Å². The molecule has 0 aromatic heterocycles. The molecular weight excluding hydrogens is 267 g/mol. The maximum Gasteiger partial charge on any atom is 0.334 e. The van der Waals surface area contributed by atoms with Gasteiger partial charge in [-0.05, 0) is 27.7 Å². The van der Waals surface area contributed by atoms with Gasteiger partial charge in [0.25, 0.3) is 0 Å². The monoisotopic (exact) mass is 290 g/mol. The molecule has 0 aromatic rings. The molecule has 0 fully saturated rings. The molecule has 0 aromatic carbocycles. The van der Waals surface area contributed by atoms with E-state index in [2.05, 4.69) is 0 Å². The van der Waals surface area contributed by atoms with Crippen LogP contribution in [0.1, 0.15) is 27.7 Å². The predicted octanol–water partition coefficient (Wildman–Crippen LogP) is 3.32. The van der Waals surface area contributed by atoms with E-state index in [1.165, 1.54) is 6.08 Å². The first kappa shape index (κ1) is 18.1. The van der Waals surface area contributed by atoms with Gasteiger partial charge in [-0.1, -0.05) is 17.7 Å². The Balaban J connectivity index is 4.50. The summed E-state index contributed by atoms with van der Waals surface area (Å²) in [6, 6.07) is 0. The quantitative estimate of drug-likeness (QED) is 0.282. The van der Waals surface area contributed by atoms with Crippen LogP contribution in [0.3, 0.4) is 0 Å². The molecule has 19 heavy (non-hydrogen) atoms. The second kappa shape index (κ2) is 9.96. The molecular formula is C13H23O5P. The van der Waals surface area contributed by atoms with E-state index in [9.17, 15) is 9.36 Å². The minimum absolute atomic E-state index is 0.188. The van der Waals surface area contributed by atoms with Crippen molar-refractivity contribution in [1.82, 2.24) is 0 Å². The number of hydrogen-bond donors (Lipinski definition) is 0. The highest BCUT2D eigenvalue weighted by Crippen LogP contribution is 2.48. The average Bonchev–Trinajstić information content (AvgIpc) is 2.35. The topological polar surface area (TPSA) is 61.8 Å². The van der Waals surface area contributed by atoms with Crippen LogP contribution in [0.5, 0.6) is 0 Å². The molecule has 0 saturated heterocycles. The largest absolute Gasteiger partial charge is 0.463 e. The molecule has 0 spiro atoms. The molecule has 0 amide bonds. The molecule has 0 atom stereocenters. The second-order valence-corrected chi connectivity index (χ2v) is 5.77. The summed E-state index contributed by atoms with van der Waals surface area (Å²) in [4.78, 5) is 11.1. The number of hydrogen-bond acceptors (Lipinski definition) is 5. The van der Waals surface area contributed by atoms with Crippen molar-refractivity contribution in [3.63, 3.8) is 0 Å². The van der Waals surface area contributed by atoms with Crippen LogP contribution in [0.15, 0.2) is 23.8 Å². The molecule has 0 N–H and O–H groups in total. The molecule has 6 heteroatoms. The van der Waals surface area contributed by atoms with Crippen LogP contribution >= 0.6 is 7.60 Å². The van der Waals surface area contributed by atoms with Gasteiger partial charge in [0, 0.05) is 6.08 Å². The van der Waals surface area contributed by atoms with Crippen molar-refractivity contribution in [3.8, 4) is 0 Å². The summed E-state index contributed by atoms with van der Waals surface area (Å²) in [6.07, 6.45) is 4.86. The van der Waals surface area contributed by atoms with Gasteiger partial charge in [0.1, 0.15) is 0 Å². The van der Waals surface area contributed by atoms with Crippen molar-refractivity contribution in [2.75, 3.05) is 26.0 Å². The number of carbonyl (C=O) groups is 1.